The molecule has 1 aromatic rings. The summed E-state index contributed by atoms with van der Waals surface area (Å²) in [5, 5.41) is 9.89. The van der Waals surface area contributed by atoms with Gasteiger partial charge in [-0.3, -0.25) is 0 Å². The van der Waals surface area contributed by atoms with E-state index in [-0.39, 0.29) is 12.0 Å². The SMILES string of the molecule is CC(O)c1ccccc1C1CCN(C(=O)OC(C)(C)C)C1. The fourth-order valence-corrected chi connectivity index (χ4v) is 2.77. The van der Waals surface area contributed by atoms with E-state index in [0.717, 1.165) is 17.5 Å². The Bertz CT molecular complexity index is 505. The van der Waals surface area contributed by atoms with Crippen LogP contribution in [0.1, 0.15) is 57.3 Å². The molecule has 1 aromatic carbocycles. The summed E-state index contributed by atoms with van der Waals surface area (Å²) in [5.41, 5.74) is 1.62. The molecule has 1 amide bonds. The zero-order chi connectivity index (χ0) is 15.6. The first kappa shape index (κ1) is 15.8. The first-order chi connectivity index (χ1) is 9.78. The van der Waals surface area contributed by atoms with Crippen LogP contribution in [0.4, 0.5) is 4.79 Å². The Kier molecular flexibility index (Phi) is 4.57. The lowest BCUT2D eigenvalue weighted by Crippen LogP contribution is -2.35. The molecule has 1 fully saturated rings. The molecule has 2 atom stereocenters. The average molecular weight is 291 g/mol. The molecule has 0 saturated carbocycles. The largest absolute Gasteiger partial charge is 0.444 e. The second-order valence-electron chi connectivity index (χ2n) is 6.72. The maximum Gasteiger partial charge on any atom is 0.410 e. The second-order valence-corrected chi connectivity index (χ2v) is 6.72. The molecule has 1 N–H and O–H groups in total. The number of hydrogen-bond acceptors (Lipinski definition) is 3. The first-order valence-electron chi connectivity index (χ1n) is 7.53. The summed E-state index contributed by atoms with van der Waals surface area (Å²) >= 11 is 0. The van der Waals surface area contributed by atoms with Crippen molar-refractivity contribution in [2.24, 2.45) is 0 Å². The maximum absolute atomic E-state index is 12.1. The molecule has 0 bridgehead atoms. The van der Waals surface area contributed by atoms with Gasteiger partial charge in [0.25, 0.3) is 0 Å². The molecule has 116 valence electrons. The van der Waals surface area contributed by atoms with E-state index in [1.165, 1.54) is 0 Å². The molecule has 2 rings (SSSR count). The van der Waals surface area contributed by atoms with Gasteiger partial charge in [-0.1, -0.05) is 24.3 Å². The average Bonchev–Trinajstić information content (AvgIpc) is 2.86. The van der Waals surface area contributed by atoms with Crippen LogP contribution in [0.3, 0.4) is 0 Å². The molecule has 1 aliphatic rings. The van der Waals surface area contributed by atoms with E-state index in [2.05, 4.69) is 0 Å². The number of benzene rings is 1. The number of carbonyl (C=O) groups excluding carboxylic acids is 1. The van der Waals surface area contributed by atoms with Crippen LogP contribution in [-0.4, -0.2) is 34.8 Å². The lowest BCUT2D eigenvalue weighted by molar-refractivity contribution is 0.0292. The van der Waals surface area contributed by atoms with Crippen molar-refractivity contribution in [3.05, 3.63) is 35.4 Å². The molecule has 1 saturated heterocycles. The van der Waals surface area contributed by atoms with E-state index in [9.17, 15) is 9.90 Å². The molecule has 0 aliphatic carbocycles. The van der Waals surface area contributed by atoms with E-state index >= 15 is 0 Å². The van der Waals surface area contributed by atoms with Gasteiger partial charge in [0.1, 0.15) is 5.60 Å². The standard InChI is InChI=1S/C17H25NO3/c1-12(19)14-7-5-6-8-15(14)13-9-10-18(11-13)16(20)21-17(2,3)4/h5-8,12-13,19H,9-11H2,1-4H3. The molecular formula is C17H25NO3. The van der Waals surface area contributed by atoms with Crippen molar-refractivity contribution in [2.75, 3.05) is 13.1 Å². The lowest BCUT2D eigenvalue weighted by Gasteiger charge is -2.24. The molecular weight excluding hydrogens is 266 g/mol. The molecule has 2 unspecified atom stereocenters. The van der Waals surface area contributed by atoms with Crippen LogP contribution >= 0.6 is 0 Å². The number of carbonyl (C=O) groups is 1. The lowest BCUT2D eigenvalue weighted by atomic mass is 9.91. The predicted molar refractivity (Wildman–Crippen MR) is 82.2 cm³/mol. The second kappa shape index (κ2) is 6.06. The van der Waals surface area contributed by atoms with Crippen molar-refractivity contribution in [2.45, 2.75) is 51.7 Å². The summed E-state index contributed by atoms with van der Waals surface area (Å²) in [4.78, 5) is 13.9. The summed E-state index contributed by atoms with van der Waals surface area (Å²) in [6.45, 7) is 8.76. The fraction of sp³-hybridized carbons (Fsp3) is 0.588. The number of aliphatic hydroxyl groups excluding tert-OH is 1. The van der Waals surface area contributed by atoms with E-state index in [0.29, 0.717) is 13.1 Å². The van der Waals surface area contributed by atoms with Gasteiger partial charge >= 0.3 is 6.09 Å². The van der Waals surface area contributed by atoms with E-state index in [4.69, 9.17) is 4.74 Å². The molecule has 1 heterocycles. The van der Waals surface area contributed by atoms with Crippen LogP contribution in [0.5, 0.6) is 0 Å². The first-order valence-corrected chi connectivity index (χ1v) is 7.53. The van der Waals surface area contributed by atoms with Gasteiger partial charge in [0.05, 0.1) is 6.10 Å². The van der Waals surface area contributed by atoms with Crippen LogP contribution in [0.15, 0.2) is 24.3 Å². The molecule has 21 heavy (non-hydrogen) atoms. The number of hydrogen-bond donors (Lipinski definition) is 1. The highest BCUT2D eigenvalue weighted by molar-refractivity contribution is 5.68. The highest BCUT2D eigenvalue weighted by Crippen LogP contribution is 2.32. The molecule has 0 radical (unpaired) electrons. The van der Waals surface area contributed by atoms with E-state index in [1.54, 1.807) is 11.8 Å². The number of amides is 1. The molecule has 0 spiro atoms. The Morgan fingerprint density at radius 1 is 1.38 bits per heavy atom. The number of nitrogens with zero attached hydrogens (tertiary/aromatic N) is 1. The van der Waals surface area contributed by atoms with Crippen LogP contribution in [0, 0.1) is 0 Å². The third kappa shape index (κ3) is 3.97. The summed E-state index contributed by atoms with van der Waals surface area (Å²) in [7, 11) is 0. The minimum atomic E-state index is -0.489. The number of likely N-dealkylation sites (tertiary alicyclic amines) is 1. The van der Waals surface area contributed by atoms with Gasteiger partial charge in [-0.05, 0) is 45.2 Å². The summed E-state index contributed by atoms with van der Waals surface area (Å²) < 4.78 is 5.42. The van der Waals surface area contributed by atoms with Crippen molar-refractivity contribution in [3.63, 3.8) is 0 Å². The normalized spacial score (nSPS) is 20.4. The Labute approximate surface area is 126 Å². The maximum atomic E-state index is 12.1. The van der Waals surface area contributed by atoms with Gasteiger partial charge in [0, 0.05) is 19.0 Å². The number of aliphatic hydroxyl groups is 1. The van der Waals surface area contributed by atoms with Gasteiger partial charge in [-0.15, -0.1) is 0 Å². The van der Waals surface area contributed by atoms with Gasteiger partial charge in [0.2, 0.25) is 0 Å². The van der Waals surface area contributed by atoms with Crippen molar-refractivity contribution < 1.29 is 14.6 Å². The summed E-state index contributed by atoms with van der Waals surface area (Å²) in [5.74, 6) is 0.267. The third-order valence-electron chi connectivity index (χ3n) is 3.73. The zero-order valence-corrected chi connectivity index (χ0v) is 13.3. The van der Waals surface area contributed by atoms with Crippen LogP contribution < -0.4 is 0 Å². The third-order valence-corrected chi connectivity index (χ3v) is 3.73. The monoisotopic (exact) mass is 291 g/mol. The topological polar surface area (TPSA) is 49.8 Å². The zero-order valence-electron chi connectivity index (χ0n) is 13.3. The van der Waals surface area contributed by atoms with Gasteiger partial charge < -0.3 is 14.7 Å². The van der Waals surface area contributed by atoms with Crippen molar-refractivity contribution in [1.82, 2.24) is 4.90 Å². The quantitative estimate of drug-likeness (QED) is 0.907. The molecule has 0 aromatic heterocycles. The van der Waals surface area contributed by atoms with E-state index in [1.807, 2.05) is 45.0 Å². The summed E-state index contributed by atoms with van der Waals surface area (Å²) in [6.07, 6.45) is 0.166. The highest BCUT2D eigenvalue weighted by Gasteiger charge is 2.31. The van der Waals surface area contributed by atoms with E-state index < -0.39 is 11.7 Å². The number of rotatable bonds is 2. The fourth-order valence-electron chi connectivity index (χ4n) is 2.77. The Hall–Kier alpha value is -1.55. The smallest absolute Gasteiger partial charge is 0.410 e. The van der Waals surface area contributed by atoms with Gasteiger partial charge in [-0.25, -0.2) is 4.79 Å². The number of ether oxygens (including phenoxy) is 1. The van der Waals surface area contributed by atoms with Crippen molar-refractivity contribution in [1.29, 1.82) is 0 Å². The summed E-state index contributed by atoms with van der Waals surface area (Å²) in [6, 6.07) is 7.92. The molecule has 4 nitrogen and oxygen atoms in total. The minimum Gasteiger partial charge on any atom is -0.444 e. The Morgan fingerprint density at radius 2 is 2.05 bits per heavy atom. The minimum absolute atomic E-state index is 0.250. The van der Waals surface area contributed by atoms with Crippen molar-refractivity contribution >= 4 is 6.09 Å². The predicted octanol–water partition coefficient (Wildman–Crippen LogP) is 3.46. The van der Waals surface area contributed by atoms with Gasteiger partial charge in [-0.2, -0.15) is 0 Å². The van der Waals surface area contributed by atoms with Crippen LogP contribution in [0.25, 0.3) is 0 Å². The van der Waals surface area contributed by atoms with Crippen LogP contribution in [0.2, 0.25) is 0 Å². The van der Waals surface area contributed by atoms with Crippen LogP contribution in [-0.2, 0) is 4.74 Å². The van der Waals surface area contributed by atoms with Gasteiger partial charge in [0.15, 0.2) is 0 Å². The Balaban J connectivity index is 2.08. The van der Waals surface area contributed by atoms with Crippen molar-refractivity contribution in [3.8, 4) is 0 Å². The molecule has 1 aliphatic heterocycles. The molecule has 4 heteroatoms. The highest BCUT2D eigenvalue weighted by atomic mass is 16.6. The Morgan fingerprint density at radius 3 is 2.67 bits per heavy atom.